The minimum atomic E-state index is -2.77. The number of aryl methyl sites for hydroxylation is 1. The molecule has 2 aromatic rings. The van der Waals surface area contributed by atoms with Crippen molar-refractivity contribution in [2.75, 3.05) is 13.1 Å². The van der Waals surface area contributed by atoms with E-state index in [1.807, 2.05) is 0 Å². The lowest BCUT2D eigenvalue weighted by Gasteiger charge is -2.33. The van der Waals surface area contributed by atoms with Crippen LogP contribution in [0.2, 0.25) is 0 Å². The zero-order chi connectivity index (χ0) is 20.4. The summed E-state index contributed by atoms with van der Waals surface area (Å²) in [5.74, 6) is -2.35. The number of carbonyl (C=O) groups excluding carboxylic acids is 1. The fraction of sp³-hybridized carbons (Fsp3) is 0.474. The Balaban J connectivity index is 1.74. The highest BCUT2D eigenvalue weighted by Crippen LogP contribution is 2.27. The summed E-state index contributed by atoms with van der Waals surface area (Å²) in [6.45, 7) is 1.48. The number of hydrogen-bond donors (Lipinski definition) is 2. The minimum absolute atomic E-state index is 0.0780. The van der Waals surface area contributed by atoms with Crippen molar-refractivity contribution >= 4 is 5.91 Å². The molecule has 2 heterocycles. The van der Waals surface area contributed by atoms with Crippen molar-refractivity contribution in [3.05, 3.63) is 52.3 Å². The Hall–Kier alpha value is -2.42. The van der Waals surface area contributed by atoms with Gasteiger partial charge in [-0.25, -0.2) is 13.5 Å². The maximum Gasteiger partial charge on any atom is 0.333 e. The molecule has 2 N–H and O–H groups in total. The minimum Gasteiger partial charge on any atom is -0.351 e. The van der Waals surface area contributed by atoms with Gasteiger partial charge >= 0.3 is 6.55 Å². The number of amides is 1. The molecule has 1 aliphatic rings. The van der Waals surface area contributed by atoms with Gasteiger partial charge in [0.05, 0.1) is 12.1 Å². The number of carbonyl (C=O) groups is 1. The maximum absolute atomic E-state index is 13.6. The highest BCUT2D eigenvalue weighted by Gasteiger charge is 2.29. The highest BCUT2D eigenvalue weighted by molar-refractivity contribution is 5.79. The molecule has 28 heavy (non-hydrogen) atoms. The zero-order valence-corrected chi connectivity index (χ0v) is 15.6. The normalized spacial score (nSPS) is 19.8. The number of nitrogens with zero attached hydrogens (tertiary/aromatic N) is 2. The summed E-state index contributed by atoms with van der Waals surface area (Å²) in [5.41, 5.74) is 1.71. The Labute approximate surface area is 160 Å². The summed E-state index contributed by atoms with van der Waals surface area (Å²) >= 11 is 0. The van der Waals surface area contributed by atoms with E-state index in [1.165, 1.54) is 13.0 Å². The number of alkyl halides is 2. The zero-order valence-electron chi connectivity index (χ0n) is 15.6. The molecule has 5 nitrogen and oxygen atoms in total. The predicted molar refractivity (Wildman–Crippen MR) is 95.2 cm³/mol. The molecular weight excluding hydrogens is 376 g/mol. The van der Waals surface area contributed by atoms with Crippen molar-refractivity contribution in [1.29, 1.82) is 0 Å². The fourth-order valence-corrected chi connectivity index (χ4v) is 3.71. The van der Waals surface area contributed by atoms with E-state index < -0.39 is 18.2 Å². The molecule has 1 fully saturated rings. The van der Waals surface area contributed by atoms with Gasteiger partial charge in [-0.05, 0) is 44.5 Å². The fourth-order valence-electron chi connectivity index (χ4n) is 3.71. The second-order valence-corrected chi connectivity index (χ2v) is 7.00. The lowest BCUT2D eigenvalue weighted by atomic mass is 9.86. The Kier molecular flexibility index (Phi) is 6.02. The van der Waals surface area contributed by atoms with E-state index in [-0.39, 0.29) is 30.0 Å². The van der Waals surface area contributed by atoms with Gasteiger partial charge in [-0.1, -0.05) is 6.07 Å². The predicted octanol–water partition coefficient (Wildman–Crippen LogP) is 2.98. The van der Waals surface area contributed by atoms with Gasteiger partial charge in [0.15, 0.2) is 11.6 Å². The number of aromatic nitrogens is 2. The number of hydrogen-bond acceptors (Lipinski definition) is 3. The molecule has 0 bridgehead atoms. The van der Waals surface area contributed by atoms with Crippen LogP contribution in [0.15, 0.2) is 18.2 Å². The van der Waals surface area contributed by atoms with Crippen LogP contribution in [0.3, 0.4) is 0 Å². The van der Waals surface area contributed by atoms with Crippen LogP contribution in [-0.2, 0) is 11.2 Å². The molecule has 0 aliphatic carbocycles. The average molecular weight is 398 g/mol. The van der Waals surface area contributed by atoms with Crippen LogP contribution in [0.4, 0.5) is 17.6 Å². The molecule has 1 saturated heterocycles. The first-order chi connectivity index (χ1) is 13.3. The third kappa shape index (κ3) is 4.19. The Morgan fingerprint density at radius 2 is 2.07 bits per heavy atom. The van der Waals surface area contributed by atoms with Crippen molar-refractivity contribution in [2.24, 2.45) is 0 Å². The van der Waals surface area contributed by atoms with E-state index in [1.54, 1.807) is 6.92 Å². The number of nitrogens with one attached hydrogen (secondary N) is 2. The van der Waals surface area contributed by atoms with Crippen molar-refractivity contribution in [2.45, 2.75) is 45.2 Å². The Morgan fingerprint density at radius 1 is 1.32 bits per heavy atom. The van der Waals surface area contributed by atoms with E-state index >= 15 is 0 Å². The van der Waals surface area contributed by atoms with Crippen LogP contribution < -0.4 is 10.6 Å². The van der Waals surface area contributed by atoms with Gasteiger partial charge in [0.2, 0.25) is 5.91 Å². The first-order valence-corrected chi connectivity index (χ1v) is 9.05. The molecule has 152 valence electrons. The lowest BCUT2D eigenvalue weighted by Crippen LogP contribution is -2.50. The Bertz CT molecular complexity index is 868. The van der Waals surface area contributed by atoms with E-state index in [4.69, 9.17) is 0 Å². The molecule has 0 spiro atoms. The molecule has 2 atom stereocenters. The van der Waals surface area contributed by atoms with Crippen molar-refractivity contribution in [3.63, 3.8) is 0 Å². The van der Waals surface area contributed by atoms with Gasteiger partial charge in [-0.3, -0.25) is 4.79 Å². The summed E-state index contributed by atoms with van der Waals surface area (Å²) in [6.07, 6.45) is 0.572. The molecule has 1 aliphatic heterocycles. The van der Waals surface area contributed by atoms with Gasteiger partial charge in [-0.15, -0.1) is 0 Å². The Morgan fingerprint density at radius 3 is 2.71 bits per heavy atom. The molecule has 1 amide bonds. The second kappa shape index (κ2) is 8.30. The molecule has 1 aromatic carbocycles. The van der Waals surface area contributed by atoms with Crippen molar-refractivity contribution in [3.8, 4) is 0 Å². The molecular formula is C19H22F4N4O. The number of halogens is 4. The van der Waals surface area contributed by atoms with E-state index in [0.29, 0.717) is 41.0 Å². The maximum atomic E-state index is 13.6. The largest absolute Gasteiger partial charge is 0.351 e. The average Bonchev–Trinajstić information content (AvgIpc) is 2.93. The molecule has 9 heteroatoms. The summed E-state index contributed by atoms with van der Waals surface area (Å²) in [4.78, 5) is 12.6. The topological polar surface area (TPSA) is 59.0 Å². The third-order valence-corrected chi connectivity index (χ3v) is 5.20. The molecule has 0 saturated carbocycles. The van der Waals surface area contributed by atoms with Crippen LogP contribution in [0, 0.1) is 25.5 Å². The van der Waals surface area contributed by atoms with E-state index in [2.05, 4.69) is 15.7 Å². The molecule has 0 radical (unpaired) electrons. The smallest absolute Gasteiger partial charge is 0.333 e. The van der Waals surface area contributed by atoms with Crippen LogP contribution in [0.1, 0.15) is 41.4 Å². The SMILES string of the molecule is Cc1nn(C(F)F)c(C)c1CC(=O)NC1CNCCC1c1ccc(F)c(F)c1. The van der Waals surface area contributed by atoms with Crippen molar-refractivity contribution < 1.29 is 22.4 Å². The first kappa shape index (κ1) is 20.3. The molecule has 2 unspecified atom stereocenters. The summed E-state index contributed by atoms with van der Waals surface area (Å²) in [5, 5.41) is 9.86. The van der Waals surface area contributed by atoms with Crippen LogP contribution in [-0.4, -0.2) is 34.8 Å². The van der Waals surface area contributed by atoms with Crippen molar-refractivity contribution in [1.82, 2.24) is 20.4 Å². The van der Waals surface area contributed by atoms with Gasteiger partial charge in [-0.2, -0.15) is 13.9 Å². The number of rotatable bonds is 5. The van der Waals surface area contributed by atoms with Gasteiger partial charge in [0, 0.05) is 29.8 Å². The van der Waals surface area contributed by atoms with Gasteiger partial charge in [0.1, 0.15) is 0 Å². The summed E-state index contributed by atoms with van der Waals surface area (Å²) in [7, 11) is 0. The summed E-state index contributed by atoms with van der Waals surface area (Å²) in [6, 6.07) is 3.44. The second-order valence-electron chi connectivity index (χ2n) is 7.00. The third-order valence-electron chi connectivity index (χ3n) is 5.20. The van der Waals surface area contributed by atoms with Gasteiger partial charge in [0.25, 0.3) is 0 Å². The van der Waals surface area contributed by atoms with Crippen LogP contribution >= 0.6 is 0 Å². The first-order valence-electron chi connectivity index (χ1n) is 9.05. The number of benzene rings is 1. The van der Waals surface area contributed by atoms with Gasteiger partial charge < -0.3 is 10.6 Å². The quantitative estimate of drug-likeness (QED) is 0.762. The monoisotopic (exact) mass is 398 g/mol. The standard InChI is InChI=1S/C19H22F4N4O/c1-10-14(11(2)27(26-10)19(22)23)8-18(28)25-17-9-24-6-5-13(17)12-3-4-15(20)16(21)7-12/h3-4,7,13,17,19,24H,5-6,8-9H2,1-2H3,(H,25,28). The molecule has 3 rings (SSSR count). The van der Waals surface area contributed by atoms with E-state index in [9.17, 15) is 22.4 Å². The lowest BCUT2D eigenvalue weighted by molar-refractivity contribution is -0.121. The highest BCUT2D eigenvalue weighted by atomic mass is 19.3. The van der Waals surface area contributed by atoms with E-state index in [0.717, 1.165) is 12.1 Å². The van der Waals surface area contributed by atoms with Crippen LogP contribution in [0.25, 0.3) is 0 Å². The summed E-state index contributed by atoms with van der Waals surface area (Å²) < 4.78 is 53.4. The molecule has 1 aromatic heterocycles. The van der Waals surface area contributed by atoms with Crippen LogP contribution in [0.5, 0.6) is 0 Å². The number of piperidine rings is 1.